The highest BCUT2D eigenvalue weighted by Crippen LogP contribution is 2.25. The minimum atomic E-state index is -1.14. The number of carboxylic acids is 1. The van der Waals surface area contributed by atoms with Gasteiger partial charge in [-0.15, -0.1) is 0 Å². The second-order valence-corrected chi connectivity index (χ2v) is 5.08. The number of nitrogens with one attached hydrogen (secondary N) is 2. The molecule has 2 rings (SSSR count). The molecule has 0 aliphatic carbocycles. The van der Waals surface area contributed by atoms with Crippen molar-refractivity contribution in [1.82, 2.24) is 10.6 Å². The molecule has 0 spiro atoms. The standard InChI is InChI=1S/C14H18N2O5/c17-11-4-3-8(7-12(11)18)6-10(14(20)21)16-13(19)9-2-1-5-15-9/h3-4,7,9-10,15,17-18H,1-2,5-6H2,(H,16,19)(H,20,21)/t9-,10?/m1/s1. The van der Waals surface area contributed by atoms with Crippen molar-refractivity contribution in [2.24, 2.45) is 0 Å². The fourth-order valence-electron chi connectivity index (χ4n) is 2.31. The van der Waals surface area contributed by atoms with Gasteiger partial charge in [-0.2, -0.15) is 0 Å². The monoisotopic (exact) mass is 294 g/mol. The van der Waals surface area contributed by atoms with Crippen molar-refractivity contribution in [2.45, 2.75) is 31.3 Å². The summed E-state index contributed by atoms with van der Waals surface area (Å²) >= 11 is 0. The highest BCUT2D eigenvalue weighted by atomic mass is 16.4. The van der Waals surface area contributed by atoms with Crippen LogP contribution in [0.15, 0.2) is 18.2 Å². The highest BCUT2D eigenvalue weighted by Gasteiger charge is 2.27. The summed E-state index contributed by atoms with van der Waals surface area (Å²) in [6.45, 7) is 0.752. The topological polar surface area (TPSA) is 119 Å². The average Bonchev–Trinajstić information content (AvgIpc) is 2.96. The average molecular weight is 294 g/mol. The van der Waals surface area contributed by atoms with E-state index in [-0.39, 0.29) is 29.9 Å². The maximum Gasteiger partial charge on any atom is 0.326 e. The Kier molecular flexibility index (Phi) is 4.64. The lowest BCUT2D eigenvalue weighted by Crippen LogP contribution is -2.49. The molecule has 1 saturated heterocycles. The number of benzene rings is 1. The van der Waals surface area contributed by atoms with E-state index in [4.69, 9.17) is 0 Å². The number of aromatic hydroxyl groups is 2. The Balaban J connectivity index is 2.03. The third-order valence-electron chi connectivity index (χ3n) is 3.47. The Morgan fingerprint density at radius 3 is 2.67 bits per heavy atom. The van der Waals surface area contributed by atoms with E-state index in [1.54, 1.807) is 0 Å². The number of carboxylic acid groups (broad SMARTS) is 1. The van der Waals surface area contributed by atoms with Gasteiger partial charge in [0, 0.05) is 6.42 Å². The fourth-order valence-corrected chi connectivity index (χ4v) is 2.31. The van der Waals surface area contributed by atoms with Crippen molar-refractivity contribution in [2.75, 3.05) is 6.54 Å². The normalized spacial score (nSPS) is 19.1. The Morgan fingerprint density at radius 1 is 1.33 bits per heavy atom. The van der Waals surface area contributed by atoms with Gasteiger partial charge in [0.2, 0.25) is 5.91 Å². The number of amides is 1. The molecule has 1 aromatic rings. The van der Waals surface area contributed by atoms with Crippen molar-refractivity contribution >= 4 is 11.9 Å². The lowest BCUT2D eigenvalue weighted by Gasteiger charge is -2.17. The van der Waals surface area contributed by atoms with E-state index < -0.39 is 12.0 Å². The van der Waals surface area contributed by atoms with Crippen LogP contribution in [0.2, 0.25) is 0 Å². The molecule has 1 aliphatic rings. The number of carbonyl (C=O) groups is 2. The molecule has 1 unspecified atom stereocenters. The van der Waals surface area contributed by atoms with Gasteiger partial charge in [0.15, 0.2) is 11.5 Å². The van der Waals surface area contributed by atoms with E-state index in [0.717, 1.165) is 13.0 Å². The van der Waals surface area contributed by atoms with Gasteiger partial charge in [-0.05, 0) is 37.1 Å². The molecule has 0 aromatic heterocycles. The highest BCUT2D eigenvalue weighted by molar-refractivity contribution is 5.87. The van der Waals surface area contributed by atoms with Gasteiger partial charge in [0.1, 0.15) is 6.04 Å². The molecule has 2 atom stereocenters. The summed E-state index contributed by atoms with van der Waals surface area (Å²) in [5.74, 6) is -2.07. The molecule has 21 heavy (non-hydrogen) atoms. The second-order valence-electron chi connectivity index (χ2n) is 5.08. The quantitative estimate of drug-likeness (QED) is 0.486. The Bertz CT molecular complexity index is 540. The number of phenolic OH excluding ortho intramolecular Hbond substituents is 2. The van der Waals surface area contributed by atoms with Gasteiger partial charge < -0.3 is 26.0 Å². The first-order chi connectivity index (χ1) is 9.97. The summed E-state index contributed by atoms with van der Waals surface area (Å²) in [5.41, 5.74) is 0.511. The van der Waals surface area contributed by atoms with Gasteiger partial charge >= 0.3 is 5.97 Å². The van der Waals surface area contributed by atoms with E-state index in [1.807, 2.05) is 0 Å². The largest absolute Gasteiger partial charge is 0.504 e. The van der Waals surface area contributed by atoms with Crippen molar-refractivity contribution in [3.05, 3.63) is 23.8 Å². The molecule has 1 amide bonds. The van der Waals surface area contributed by atoms with E-state index in [9.17, 15) is 24.9 Å². The molecule has 1 fully saturated rings. The second kappa shape index (κ2) is 6.45. The first-order valence-electron chi connectivity index (χ1n) is 6.75. The van der Waals surface area contributed by atoms with E-state index in [2.05, 4.69) is 10.6 Å². The molecule has 1 heterocycles. The number of aliphatic carboxylic acids is 1. The van der Waals surface area contributed by atoms with Gasteiger partial charge in [-0.25, -0.2) is 4.79 Å². The van der Waals surface area contributed by atoms with Gasteiger partial charge in [-0.1, -0.05) is 6.07 Å². The van der Waals surface area contributed by atoms with Crippen LogP contribution in [-0.2, 0) is 16.0 Å². The summed E-state index contributed by atoms with van der Waals surface area (Å²) in [7, 11) is 0. The van der Waals surface area contributed by atoms with Crippen LogP contribution in [0.4, 0.5) is 0 Å². The summed E-state index contributed by atoms with van der Waals surface area (Å²) in [5, 5.41) is 33.3. The van der Waals surface area contributed by atoms with Gasteiger partial charge in [-0.3, -0.25) is 4.79 Å². The Labute approximate surface area is 121 Å². The van der Waals surface area contributed by atoms with Crippen LogP contribution >= 0.6 is 0 Å². The lowest BCUT2D eigenvalue weighted by atomic mass is 10.0. The molecule has 7 nitrogen and oxygen atoms in total. The third kappa shape index (κ3) is 3.85. The molecular formula is C14H18N2O5. The first-order valence-corrected chi connectivity index (χ1v) is 6.75. The number of hydrogen-bond donors (Lipinski definition) is 5. The molecule has 5 N–H and O–H groups in total. The zero-order chi connectivity index (χ0) is 15.4. The predicted octanol–water partition coefficient (Wildman–Crippen LogP) is -0.0383. The molecule has 7 heteroatoms. The summed E-state index contributed by atoms with van der Waals surface area (Å²) < 4.78 is 0. The molecule has 1 aliphatic heterocycles. The lowest BCUT2D eigenvalue weighted by molar-refractivity contribution is -0.142. The molecule has 0 radical (unpaired) electrons. The van der Waals surface area contributed by atoms with Crippen LogP contribution in [0.25, 0.3) is 0 Å². The fraction of sp³-hybridized carbons (Fsp3) is 0.429. The smallest absolute Gasteiger partial charge is 0.326 e. The SMILES string of the molecule is O=C(O)C(Cc1ccc(O)c(O)c1)NC(=O)[C@H]1CCCN1. The van der Waals surface area contributed by atoms with Crippen molar-refractivity contribution in [3.8, 4) is 11.5 Å². The minimum Gasteiger partial charge on any atom is -0.504 e. The predicted molar refractivity (Wildman–Crippen MR) is 74.1 cm³/mol. The van der Waals surface area contributed by atoms with E-state index in [0.29, 0.717) is 12.0 Å². The summed E-state index contributed by atoms with van der Waals surface area (Å²) in [6.07, 6.45) is 1.61. The summed E-state index contributed by atoms with van der Waals surface area (Å²) in [6, 6.07) is 2.64. The maximum absolute atomic E-state index is 11.9. The van der Waals surface area contributed by atoms with Crippen LogP contribution in [0.5, 0.6) is 11.5 Å². The van der Waals surface area contributed by atoms with E-state index >= 15 is 0 Å². The van der Waals surface area contributed by atoms with E-state index in [1.165, 1.54) is 18.2 Å². The van der Waals surface area contributed by atoms with Gasteiger partial charge in [0.05, 0.1) is 6.04 Å². The number of carbonyl (C=O) groups excluding carboxylic acids is 1. The number of phenols is 2. The Hall–Kier alpha value is -2.28. The number of hydrogen-bond acceptors (Lipinski definition) is 5. The van der Waals surface area contributed by atoms with Crippen molar-refractivity contribution in [1.29, 1.82) is 0 Å². The first kappa shape index (κ1) is 15.1. The molecule has 1 aromatic carbocycles. The third-order valence-corrected chi connectivity index (χ3v) is 3.47. The van der Waals surface area contributed by atoms with Crippen LogP contribution in [0.1, 0.15) is 18.4 Å². The maximum atomic E-state index is 11.9. The van der Waals surface area contributed by atoms with Crippen LogP contribution < -0.4 is 10.6 Å². The minimum absolute atomic E-state index is 0.0294. The van der Waals surface area contributed by atoms with Crippen LogP contribution in [0, 0.1) is 0 Å². The van der Waals surface area contributed by atoms with Crippen molar-refractivity contribution < 1.29 is 24.9 Å². The summed E-state index contributed by atoms with van der Waals surface area (Å²) in [4.78, 5) is 23.2. The zero-order valence-corrected chi connectivity index (χ0v) is 11.4. The number of rotatable bonds is 5. The van der Waals surface area contributed by atoms with Crippen molar-refractivity contribution in [3.63, 3.8) is 0 Å². The molecule has 0 bridgehead atoms. The molecule has 0 saturated carbocycles. The van der Waals surface area contributed by atoms with Crippen LogP contribution in [0.3, 0.4) is 0 Å². The Morgan fingerprint density at radius 2 is 2.10 bits per heavy atom. The van der Waals surface area contributed by atoms with Gasteiger partial charge in [0.25, 0.3) is 0 Å². The molecule has 114 valence electrons. The molecular weight excluding hydrogens is 276 g/mol. The zero-order valence-electron chi connectivity index (χ0n) is 11.4. The van der Waals surface area contributed by atoms with Crippen LogP contribution in [-0.4, -0.2) is 45.8 Å².